The van der Waals surface area contributed by atoms with Crippen LogP contribution in [0.4, 0.5) is 11.4 Å². The normalized spacial score (nSPS) is 16.0. The summed E-state index contributed by atoms with van der Waals surface area (Å²) in [7, 11) is -3.76. The molecule has 1 amide bonds. The van der Waals surface area contributed by atoms with Crippen molar-refractivity contribution in [3.63, 3.8) is 0 Å². The van der Waals surface area contributed by atoms with Crippen molar-refractivity contribution in [3.05, 3.63) is 89.5 Å². The number of benzene rings is 3. The SMILES string of the molecule is CCN1CCCc2cc(CN(C3CCCC3)S(=O)(=O)c3cccc(NC(=O)Cc4ccccc4)c3)ccc21. The van der Waals surface area contributed by atoms with Crippen LogP contribution in [0.15, 0.2) is 77.7 Å². The Morgan fingerprint density at radius 3 is 2.50 bits per heavy atom. The highest BCUT2D eigenvalue weighted by atomic mass is 32.2. The van der Waals surface area contributed by atoms with E-state index in [-0.39, 0.29) is 23.3 Å². The smallest absolute Gasteiger partial charge is 0.243 e. The fraction of sp³-hybridized carbons (Fsp3) is 0.387. The average Bonchev–Trinajstić information content (AvgIpc) is 3.46. The van der Waals surface area contributed by atoms with Gasteiger partial charge >= 0.3 is 0 Å². The van der Waals surface area contributed by atoms with Crippen LogP contribution >= 0.6 is 0 Å². The summed E-state index contributed by atoms with van der Waals surface area (Å²) in [6.45, 7) is 4.59. The first-order chi connectivity index (χ1) is 18.4. The molecule has 1 fully saturated rings. The fourth-order valence-corrected chi connectivity index (χ4v) is 7.51. The molecule has 2 aliphatic rings. The minimum Gasteiger partial charge on any atom is -0.372 e. The van der Waals surface area contributed by atoms with Gasteiger partial charge in [0, 0.05) is 37.1 Å². The Morgan fingerprint density at radius 1 is 0.947 bits per heavy atom. The monoisotopic (exact) mass is 531 g/mol. The summed E-state index contributed by atoms with van der Waals surface area (Å²) in [6.07, 6.45) is 6.23. The zero-order chi connectivity index (χ0) is 26.5. The molecule has 1 aliphatic heterocycles. The Hall–Kier alpha value is -3.16. The molecule has 1 aliphatic carbocycles. The minimum absolute atomic E-state index is 0.0144. The van der Waals surface area contributed by atoms with Crippen molar-refractivity contribution in [1.82, 2.24) is 4.31 Å². The van der Waals surface area contributed by atoms with E-state index in [1.807, 2.05) is 30.3 Å². The highest BCUT2D eigenvalue weighted by molar-refractivity contribution is 7.89. The van der Waals surface area contributed by atoms with E-state index in [1.165, 1.54) is 11.3 Å². The van der Waals surface area contributed by atoms with Crippen molar-refractivity contribution >= 4 is 27.3 Å². The number of rotatable bonds is 9. The van der Waals surface area contributed by atoms with Gasteiger partial charge in [-0.15, -0.1) is 0 Å². The molecule has 3 aromatic carbocycles. The molecular formula is C31H37N3O3S. The van der Waals surface area contributed by atoms with Gasteiger partial charge in [0.1, 0.15) is 0 Å². The first-order valence-corrected chi connectivity index (χ1v) is 15.2. The van der Waals surface area contributed by atoms with Gasteiger partial charge in [0.05, 0.1) is 11.3 Å². The summed E-state index contributed by atoms with van der Waals surface area (Å²) >= 11 is 0. The first kappa shape index (κ1) is 26.4. The van der Waals surface area contributed by atoms with E-state index < -0.39 is 10.0 Å². The Morgan fingerprint density at radius 2 is 1.74 bits per heavy atom. The molecule has 0 saturated heterocycles. The topological polar surface area (TPSA) is 69.7 Å². The number of carbonyl (C=O) groups is 1. The molecule has 1 heterocycles. The molecule has 0 aromatic heterocycles. The van der Waals surface area contributed by atoms with Crippen LogP contribution in [0.25, 0.3) is 0 Å². The van der Waals surface area contributed by atoms with E-state index in [9.17, 15) is 13.2 Å². The molecule has 1 saturated carbocycles. The fourth-order valence-electron chi connectivity index (χ4n) is 5.79. The summed E-state index contributed by atoms with van der Waals surface area (Å²) in [5.74, 6) is -0.173. The van der Waals surface area contributed by atoms with Crippen LogP contribution in [0, 0.1) is 0 Å². The third kappa shape index (κ3) is 5.94. The van der Waals surface area contributed by atoms with E-state index >= 15 is 0 Å². The Bertz CT molecular complexity index is 1370. The number of anilines is 2. The lowest BCUT2D eigenvalue weighted by Gasteiger charge is -2.32. The van der Waals surface area contributed by atoms with Gasteiger partial charge in [-0.25, -0.2) is 8.42 Å². The van der Waals surface area contributed by atoms with Gasteiger partial charge in [-0.3, -0.25) is 4.79 Å². The van der Waals surface area contributed by atoms with E-state index in [4.69, 9.17) is 0 Å². The maximum absolute atomic E-state index is 14.0. The number of carbonyl (C=O) groups excluding carboxylic acids is 1. The molecule has 1 N–H and O–H groups in total. The molecule has 3 aromatic rings. The van der Waals surface area contributed by atoms with Crippen LogP contribution in [0.1, 0.15) is 55.7 Å². The Balaban J connectivity index is 1.38. The van der Waals surface area contributed by atoms with E-state index in [0.29, 0.717) is 12.2 Å². The van der Waals surface area contributed by atoms with Crippen molar-refractivity contribution in [3.8, 4) is 0 Å². The van der Waals surface area contributed by atoms with E-state index in [1.54, 1.807) is 28.6 Å². The minimum atomic E-state index is -3.76. The number of amides is 1. The van der Waals surface area contributed by atoms with Crippen LogP contribution in [-0.4, -0.2) is 37.8 Å². The molecular weight excluding hydrogens is 494 g/mol. The number of nitrogens with one attached hydrogen (secondary N) is 1. The summed E-state index contributed by atoms with van der Waals surface area (Å²) in [4.78, 5) is 15.2. The first-order valence-electron chi connectivity index (χ1n) is 13.8. The van der Waals surface area contributed by atoms with E-state index in [0.717, 1.165) is 62.7 Å². The standard InChI is InChI=1S/C31H37N3O3S/c1-2-33-19-9-12-26-20-25(17-18-30(26)33)23-34(28-14-6-7-15-28)38(36,37)29-16-8-13-27(22-29)32-31(35)21-24-10-4-3-5-11-24/h3-5,8,10-11,13,16-18,20,22,28H,2,6-7,9,12,14-15,19,21,23H2,1H3,(H,32,35). The molecule has 200 valence electrons. The van der Waals surface area contributed by atoms with Gasteiger partial charge in [0.15, 0.2) is 0 Å². The predicted molar refractivity (Wildman–Crippen MR) is 153 cm³/mol. The quantitative estimate of drug-likeness (QED) is 0.380. The lowest BCUT2D eigenvalue weighted by Crippen LogP contribution is -2.38. The second-order valence-electron chi connectivity index (χ2n) is 10.4. The Kier molecular flexibility index (Phi) is 8.15. The maximum atomic E-state index is 14.0. The zero-order valence-corrected chi connectivity index (χ0v) is 22.9. The third-order valence-corrected chi connectivity index (χ3v) is 9.64. The Labute approximate surface area is 226 Å². The third-order valence-electron chi connectivity index (χ3n) is 7.74. The van der Waals surface area contributed by atoms with Gasteiger partial charge in [-0.2, -0.15) is 4.31 Å². The van der Waals surface area contributed by atoms with Crippen molar-refractivity contribution in [1.29, 1.82) is 0 Å². The van der Waals surface area contributed by atoms with Gasteiger partial charge in [-0.1, -0.05) is 61.4 Å². The van der Waals surface area contributed by atoms with Crippen LogP contribution in [0.5, 0.6) is 0 Å². The van der Waals surface area contributed by atoms with Crippen LogP contribution < -0.4 is 10.2 Å². The van der Waals surface area contributed by atoms with E-state index in [2.05, 4.69) is 35.3 Å². The number of sulfonamides is 1. The van der Waals surface area contributed by atoms with Gasteiger partial charge in [0.2, 0.25) is 15.9 Å². The summed E-state index contributed by atoms with van der Waals surface area (Å²) < 4.78 is 29.8. The lowest BCUT2D eigenvalue weighted by atomic mass is 9.99. The van der Waals surface area contributed by atoms with Gasteiger partial charge in [-0.05, 0) is 73.6 Å². The van der Waals surface area contributed by atoms with Crippen LogP contribution in [0.3, 0.4) is 0 Å². The molecule has 0 atom stereocenters. The molecule has 5 rings (SSSR count). The zero-order valence-electron chi connectivity index (χ0n) is 22.1. The number of nitrogens with zero attached hydrogens (tertiary/aromatic N) is 2. The van der Waals surface area contributed by atoms with Crippen molar-refractivity contribution in [2.75, 3.05) is 23.3 Å². The molecule has 0 unspecified atom stereocenters. The highest BCUT2D eigenvalue weighted by Gasteiger charge is 2.34. The van der Waals surface area contributed by atoms with Gasteiger partial charge in [0.25, 0.3) is 0 Å². The molecule has 6 nitrogen and oxygen atoms in total. The number of hydrogen-bond donors (Lipinski definition) is 1. The maximum Gasteiger partial charge on any atom is 0.243 e. The average molecular weight is 532 g/mol. The van der Waals surface area contributed by atoms with Crippen molar-refractivity contribution in [2.45, 2.75) is 69.4 Å². The lowest BCUT2D eigenvalue weighted by molar-refractivity contribution is -0.115. The second-order valence-corrected chi connectivity index (χ2v) is 12.3. The van der Waals surface area contributed by atoms with Crippen molar-refractivity contribution in [2.24, 2.45) is 0 Å². The largest absolute Gasteiger partial charge is 0.372 e. The summed E-state index contributed by atoms with van der Waals surface area (Å²) in [5, 5.41) is 2.88. The number of aryl methyl sites for hydroxylation is 1. The summed E-state index contributed by atoms with van der Waals surface area (Å²) in [6, 6.07) is 22.6. The van der Waals surface area contributed by atoms with Crippen LogP contribution in [-0.2, 0) is 34.2 Å². The number of fused-ring (bicyclic) bond motifs is 1. The molecule has 7 heteroatoms. The molecule has 0 bridgehead atoms. The second kappa shape index (κ2) is 11.7. The molecule has 38 heavy (non-hydrogen) atoms. The molecule has 0 radical (unpaired) electrons. The summed E-state index contributed by atoms with van der Waals surface area (Å²) in [5.41, 5.74) is 5.02. The van der Waals surface area contributed by atoms with Crippen molar-refractivity contribution < 1.29 is 13.2 Å². The number of hydrogen-bond acceptors (Lipinski definition) is 4. The highest BCUT2D eigenvalue weighted by Crippen LogP contribution is 2.33. The van der Waals surface area contributed by atoms with Gasteiger partial charge < -0.3 is 10.2 Å². The molecule has 0 spiro atoms. The predicted octanol–water partition coefficient (Wildman–Crippen LogP) is 5.77. The van der Waals surface area contributed by atoms with Crippen LogP contribution in [0.2, 0.25) is 0 Å².